The summed E-state index contributed by atoms with van der Waals surface area (Å²) >= 11 is 1.36. The first-order valence-corrected chi connectivity index (χ1v) is 10.9. The van der Waals surface area contributed by atoms with E-state index in [0.717, 1.165) is 23.2 Å². The maximum Gasteiger partial charge on any atom is 0.257 e. The van der Waals surface area contributed by atoms with Crippen LogP contribution in [0.3, 0.4) is 0 Å². The van der Waals surface area contributed by atoms with E-state index in [1.54, 1.807) is 18.2 Å². The largest absolute Gasteiger partial charge is 0.490 e. The van der Waals surface area contributed by atoms with E-state index in [0.29, 0.717) is 35.4 Å². The highest BCUT2D eigenvalue weighted by atomic mass is 32.1. The third-order valence-corrected chi connectivity index (χ3v) is 5.62. The van der Waals surface area contributed by atoms with Gasteiger partial charge in [0.25, 0.3) is 5.91 Å². The quantitative estimate of drug-likeness (QED) is 0.617. The van der Waals surface area contributed by atoms with Crippen LogP contribution in [-0.4, -0.2) is 30.0 Å². The van der Waals surface area contributed by atoms with Crippen molar-refractivity contribution in [1.29, 1.82) is 0 Å². The Morgan fingerprint density at radius 2 is 1.81 bits per heavy atom. The average Bonchev–Trinajstić information content (AvgIpc) is 3.09. The molecule has 2 aromatic carbocycles. The van der Waals surface area contributed by atoms with Crippen molar-refractivity contribution >= 4 is 28.3 Å². The number of thiazole rings is 1. The summed E-state index contributed by atoms with van der Waals surface area (Å²) in [5, 5.41) is 8.13. The zero-order valence-corrected chi connectivity index (χ0v) is 18.1. The van der Waals surface area contributed by atoms with Crippen LogP contribution in [0.1, 0.15) is 42.2 Å². The van der Waals surface area contributed by atoms with Crippen LogP contribution in [0.2, 0.25) is 0 Å². The average molecular weight is 438 g/mol. The molecular formula is C23H23N3O4S. The predicted molar refractivity (Wildman–Crippen MR) is 120 cm³/mol. The van der Waals surface area contributed by atoms with Crippen molar-refractivity contribution in [1.82, 2.24) is 10.3 Å². The molecule has 0 spiro atoms. The standard InChI is InChI=1S/C23H23N3O4S/c1-14(24-15(2)27)16-4-6-17(7-5-16)19-13-31-23(25-19)26-22(28)18-8-9-20-21(12-18)30-11-3-10-29-20/h4-9,12-14H,3,10-11H2,1-2H3,(H,24,27)(H,25,26,28)/t14-/m1/s1. The fourth-order valence-electron chi connectivity index (χ4n) is 3.27. The van der Waals surface area contributed by atoms with Crippen molar-refractivity contribution < 1.29 is 19.1 Å². The number of carbonyl (C=O) groups is 2. The Hall–Kier alpha value is -3.39. The fourth-order valence-corrected chi connectivity index (χ4v) is 3.98. The normalized spacial score (nSPS) is 13.7. The first-order valence-electron chi connectivity index (χ1n) is 10.0. The Morgan fingerprint density at radius 3 is 2.55 bits per heavy atom. The number of hydrogen-bond acceptors (Lipinski definition) is 6. The van der Waals surface area contributed by atoms with Gasteiger partial charge in [-0.3, -0.25) is 14.9 Å². The van der Waals surface area contributed by atoms with Gasteiger partial charge in [0.05, 0.1) is 24.9 Å². The van der Waals surface area contributed by atoms with Gasteiger partial charge in [-0.05, 0) is 30.7 Å². The Bertz CT molecular complexity index is 1090. The number of anilines is 1. The van der Waals surface area contributed by atoms with Crippen LogP contribution >= 0.6 is 11.3 Å². The van der Waals surface area contributed by atoms with Gasteiger partial charge in [0.1, 0.15) is 0 Å². The molecular weight excluding hydrogens is 414 g/mol. The van der Waals surface area contributed by atoms with E-state index in [4.69, 9.17) is 9.47 Å². The highest BCUT2D eigenvalue weighted by Crippen LogP contribution is 2.31. The highest BCUT2D eigenvalue weighted by Gasteiger charge is 2.16. The maximum atomic E-state index is 12.7. The predicted octanol–water partition coefficient (Wildman–Crippen LogP) is 4.42. The molecule has 1 aliphatic rings. The van der Waals surface area contributed by atoms with Crippen LogP contribution in [0.4, 0.5) is 5.13 Å². The molecule has 4 rings (SSSR count). The van der Waals surface area contributed by atoms with E-state index in [1.807, 2.05) is 36.6 Å². The SMILES string of the molecule is CC(=O)N[C@H](C)c1ccc(-c2csc(NC(=O)c3ccc4c(c3)OCCCO4)n2)cc1. The summed E-state index contributed by atoms with van der Waals surface area (Å²) in [6, 6.07) is 12.9. The summed E-state index contributed by atoms with van der Waals surface area (Å²) in [6.45, 7) is 4.61. The molecule has 160 valence electrons. The van der Waals surface area contributed by atoms with Crippen LogP contribution in [0.5, 0.6) is 11.5 Å². The van der Waals surface area contributed by atoms with Gasteiger partial charge in [-0.2, -0.15) is 0 Å². The molecule has 0 bridgehead atoms. The molecule has 3 aromatic rings. The van der Waals surface area contributed by atoms with Crippen molar-refractivity contribution in [3.63, 3.8) is 0 Å². The number of nitrogens with one attached hydrogen (secondary N) is 2. The zero-order chi connectivity index (χ0) is 21.8. The summed E-state index contributed by atoms with van der Waals surface area (Å²) in [7, 11) is 0. The molecule has 0 unspecified atom stereocenters. The molecule has 2 amide bonds. The van der Waals surface area contributed by atoms with Gasteiger partial charge < -0.3 is 14.8 Å². The molecule has 1 aliphatic heterocycles. The molecule has 0 aliphatic carbocycles. The lowest BCUT2D eigenvalue weighted by atomic mass is 10.1. The number of carbonyl (C=O) groups excluding carboxylic acids is 2. The fraction of sp³-hybridized carbons (Fsp3) is 0.261. The van der Waals surface area contributed by atoms with Gasteiger partial charge in [-0.1, -0.05) is 24.3 Å². The van der Waals surface area contributed by atoms with Crippen LogP contribution < -0.4 is 20.1 Å². The van der Waals surface area contributed by atoms with E-state index >= 15 is 0 Å². The molecule has 2 N–H and O–H groups in total. The number of rotatable bonds is 5. The van der Waals surface area contributed by atoms with Crippen molar-refractivity contribution in [2.24, 2.45) is 0 Å². The minimum atomic E-state index is -0.254. The Kier molecular flexibility index (Phi) is 6.18. The lowest BCUT2D eigenvalue weighted by Gasteiger charge is -2.13. The van der Waals surface area contributed by atoms with Gasteiger partial charge in [-0.25, -0.2) is 4.98 Å². The summed E-state index contributed by atoms with van der Waals surface area (Å²) in [6.07, 6.45) is 0.811. The minimum absolute atomic E-state index is 0.0628. The smallest absolute Gasteiger partial charge is 0.257 e. The first-order chi connectivity index (χ1) is 15.0. The summed E-state index contributed by atoms with van der Waals surface area (Å²) in [5.74, 6) is 0.918. The number of hydrogen-bond donors (Lipinski definition) is 2. The molecule has 0 saturated carbocycles. The molecule has 0 fully saturated rings. The van der Waals surface area contributed by atoms with Gasteiger partial charge in [0, 0.05) is 29.9 Å². The van der Waals surface area contributed by atoms with E-state index in [1.165, 1.54) is 18.3 Å². The molecule has 0 radical (unpaired) electrons. The van der Waals surface area contributed by atoms with Crippen LogP contribution in [-0.2, 0) is 4.79 Å². The number of ether oxygens (including phenoxy) is 2. The second-order valence-corrected chi connectivity index (χ2v) is 8.11. The summed E-state index contributed by atoms with van der Waals surface area (Å²) < 4.78 is 11.3. The molecule has 2 heterocycles. The lowest BCUT2D eigenvalue weighted by Crippen LogP contribution is -2.23. The third kappa shape index (κ3) is 5.03. The molecule has 1 atom stereocenters. The second kappa shape index (κ2) is 9.18. The van der Waals surface area contributed by atoms with E-state index in [9.17, 15) is 9.59 Å². The molecule has 0 saturated heterocycles. The van der Waals surface area contributed by atoms with Crippen LogP contribution in [0.25, 0.3) is 11.3 Å². The number of nitrogens with zero attached hydrogens (tertiary/aromatic N) is 1. The van der Waals surface area contributed by atoms with Crippen molar-refractivity contribution in [2.75, 3.05) is 18.5 Å². The molecule has 1 aromatic heterocycles. The van der Waals surface area contributed by atoms with E-state index in [-0.39, 0.29) is 17.9 Å². The zero-order valence-electron chi connectivity index (χ0n) is 17.3. The van der Waals surface area contributed by atoms with Gasteiger partial charge in [-0.15, -0.1) is 11.3 Å². The lowest BCUT2D eigenvalue weighted by molar-refractivity contribution is -0.119. The summed E-state index contributed by atoms with van der Waals surface area (Å²) in [5.41, 5.74) is 3.21. The van der Waals surface area contributed by atoms with Crippen molar-refractivity contribution in [3.8, 4) is 22.8 Å². The monoisotopic (exact) mass is 437 g/mol. The second-order valence-electron chi connectivity index (χ2n) is 7.25. The highest BCUT2D eigenvalue weighted by molar-refractivity contribution is 7.14. The Balaban J connectivity index is 1.44. The van der Waals surface area contributed by atoms with Crippen molar-refractivity contribution in [2.45, 2.75) is 26.3 Å². The van der Waals surface area contributed by atoms with Gasteiger partial charge in [0.15, 0.2) is 16.6 Å². The van der Waals surface area contributed by atoms with Crippen molar-refractivity contribution in [3.05, 3.63) is 59.0 Å². The minimum Gasteiger partial charge on any atom is -0.490 e. The summed E-state index contributed by atoms with van der Waals surface area (Å²) in [4.78, 5) is 28.4. The van der Waals surface area contributed by atoms with E-state index < -0.39 is 0 Å². The Labute approximate surface area is 184 Å². The maximum absolute atomic E-state index is 12.7. The molecule has 8 heteroatoms. The first kappa shape index (κ1) is 20.9. The third-order valence-electron chi connectivity index (χ3n) is 4.86. The van der Waals surface area contributed by atoms with E-state index in [2.05, 4.69) is 15.6 Å². The van der Waals surface area contributed by atoms with Gasteiger partial charge in [0.2, 0.25) is 5.91 Å². The number of benzene rings is 2. The van der Waals surface area contributed by atoms with Crippen LogP contribution in [0, 0.1) is 0 Å². The molecule has 31 heavy (non-hydrogen) atoms. The number of aromatic nitrogens is 1. The van der Waals surface area contributed by atoms with Gasteiger partial charge >= 0.3 is 0 Å². The van der Waals surface area contributed by atoms with Crippen LogP contribution in [0.15, 0.2) is 47.8 Å². The molecule has 7 nitrogen and oxygen atoms in total. The topological polar surface area (TPSA) is 89.6 Å². The number of amides is 2. The Morgan fingerprint density at radius 1 is 1.06 bits per heavy atom. The number of fused-ring (bicyclic) bond motifs is 1.